The van der Waals surface area contributed by atoms with Gasteiger partial charge in [-0.2, -0.15) is 0 Å². The number of phenolic OH excluding ortho intramolecular Hbond substituents is 1. The first kappa shape index (κ1) is 36.5. The maximum atomic E-state index is 9.79. The molecule has 0 bridgehead atoms. The Bertz CT molecular complexity index is 930. The van der Waals surface area contributed by atoms with E-state index >= 15 is 0 Å². The monoisotopic (exact) mass is 609 g/mol. The number of ether oxygens (including phenoxy) is 9. The molecular formula is C31H47NO11. The molecule has 0 aliphatic rings. The highest BCUT2D eigenvalue weighted by Crippen LogP contribution is 2.19. The van der Waals surface area contributed by atoms with E-state index in [0.29, 0.717) is 118 Å². The summed E-state index contributed by atoms with van der Waals surface area (Å²) in [7, 11) is 0. The van der Waals surface area contributed by atoms with Gasteiger partial charge in [-0.25, -0.2) is 0 Å². The molecule has 0 radical (unpaired) electrons. The van der Waals surface area contributed by atoms with Gasteiger partial charge in [0, 0.05) is 11.8 Å². The number of benzene rings is 2. The van der Waals surface area contributed by atoms with Gasteiger partial charge in [-0.1, -0.05) is 12.1 Å². The third-order valence-electron chi connectivity index (χ3n) is 5.46. The molecule has 12 heteroatoms. The van der Waals surface area contributed by atoms with Gasteiger partial charge < -0.3 is 52.8 Å². The van der Waals surface area contributed by atoms with Crippen molar-refractivity contribution >= 4 is 11.9 Å². The van der Waals surface area contributed by atoms with Gasteiger partial charge in [0.15, 0.2) is 0 Å². The second-order valence-corrected chi connectivity index (χ2v) is 8.78. The van der Waals surface area contributed by atoms with Crippen molar-refractivity contribution in [1.29, 1.82) is 0 Å². The minimum Gasteiger partial charge on any atom is -0.507 e. The van der Waals surface area contributed by atoms with E-state index in [2.05, 4.69) is 4.99 Å². The van der Waals surface area contributed by atoms with Gasteiger partial charge >= 0.3 is 0 Å². The van der Waals surface area contributed by atoms with Crippen LogP contribution in [-0.2, 0) is 37.9 Å². The van der Waals surface area contributed by atoms with Crippen LogP contribution < -0.4 is 4.74 Å². The zero-order valence-corrected chi connectivity index (χ0v) is 24.9. The van der Waals surface area contributed by atoms with E-state index in [9.17, 15) is 5.11 Å². The summed E-state index contributed by atoms with van der Waals surface area (Å²) in [4.78, 5) is 4.37. The summed E-state index contributed by atoms with van der Waals surface area (Å²) in [6.07, 6.45) is 1.63. The van der Waals surface area contributed by atoms with Crippen molar-refractivity contribution in [2.24, 2.45) is 4.99 Å². The average Bonchev–Trinajstić information content (AvgIpc) is 3.03. The van der Waals surface area contributed by atoms with Gasteiger partial charge in [0.2, 0.25) is 0 Å². The lowest BCUT2D eigenvalue weighted by Gasteiger charge is -2.09. The summed E-state index contributed by atoms with van der Waals surface area (Å²) in [6, 6.07) is 14.4. The number of phenols is 1. The van der Waals surface area contributed by atoms with E-state index in [0.717, 1.165) is 11.4 Å². The fourth-order valence-corrected chi connectivity index (χ4v) is 3.29. The Morgan fingerprint density at radius 3 is 1.30 bits per heavy atom. The molecule has 43 heavy (non-hydrogen) atoms. The van der Waals surface area contributed by atoms with Crippen LogP contribution in [0.5, 0.6) is 11.5 Å². The summed E-state index contributed by atoms with van der Waals surface area (Å²) in [6.45, 7) is 8.14. The Hall–Kier alpha value is -2.65. The number of hydrogen-bond donors (Lipinski definition) is 2. The second-order valence-electron chi connectivity index (χ2n) is 8.78. The number of nitrogens with zero attached hydrogens (tertiary/aromatic N) is 1. The van der Waals surface area contributed by atoms with Crippen LogP contribution in [0.15, 0.2) is 53.5 Å². The molecule has 0 saturated heterocycles. The number of hydrogen-bond acceptors (Lipinski definition) is 12. The summed E-state index contributed by atoms with van der Waals surface area (Å²) < 4.78 is 48.9. The van der Waals surface area contributed by atoms with Gasteiger partial charge in [0.1, 0.15) is 18.1 Å². The van der Waals surface area contributed by atoms with E-state index in [4.69, 9.17) is 47.7 Å². The SMILES string of the molecule is OCCOCCOCCOCCOCCOCCOCCOCCOCCOc1ccc(N=Cc2ccccc2O)cc1. The highest BCUT2D eigenvalue weighted by molar-refractivity contribution is 5.85. The van der Waals surface area contributed by atoms with Gasteiger partial charge in [0.25, 0.3) is 0 Å². The third kappa shape index (κ3) is 20.8. The van der Waals surface area contributed by atoms with E-state index < -0.39 is 0 Å². The third-order valence-corrected chi connectivity index (χ3v) is 5.46. The molecule has 2 rings (SSSR count). The lowest BCUT2D eigenvalue weighted by Crippen LogP contribution is -2.15. The first-order valence-electron chi connectivity index (χ1n) is 14.6. The topological polar surface area (TPSA) is 136 Å². The second kappa shape index (κ2) is 26.9. The fourth-order valence-electron chi connectivity index (χ4n) is 3.29. The van der Waals surface area contributed by atoms with Crippen LogP contribution in [0.3, 0.4) is 0 Å². The highest BCUT2D eigenvalue weighted by atomic mass is 16.6. The van der Waals surface area contributed by atoms with Crippen LogP contribution in [0.1, 0.15) is 5.56 Å². The van der Waals surface area contributed by atoms with Crippen molar-refractivity contribution < 1.29 is 52.8 Å². The predicted molar refractivity (Wildman–Crippen MR) is 161 cm³/mol. The Balaban J connectivity index is 1.26. The molecule has 2 aromatic rings. The normalized spacial score (nSPS) is 11.5. The molecule has 2 N–H and O–H groups in total. The molecule has 0 fully saturated rings. The number of para-hydroxylation sites is 1. The van der Waals surface area contributed by atoms with Crippen molar-refractivity contribution in [3.63, 3.8) is 0 Å². The van der Waals surface area contributed by atoms with Crippen molar-refractivity contribution in [3.05, 3.63) is 54.1 Å². The number of aromatic hydroxyl groups is 1. The Kier molecular flexibility index (Phi) is 22.9. The first-order valence-corrected chi connectivity index (χ1v) is 14.6. The van der Waals surface area contributed by atoms with Crippen LogP contribution in [0.2, 0.25) is 0 Å². The minimum atomic E-state index is 0.0229. The van der Waals surface area contributed by atoms with Crippen molar-refractivity contribution in [2.45, 2.75) is 0 Å². The van der Waals surface area contributed by atoms with Crippen LogP contribution in [0, 0.1) is 0 Å². The van der Waals surface area contributed by atoms with E-state index in [-0.39, 0.29) is 12.4 Å². The van der Waals surface area contributed by atoms with Gasteiger partial charge in [-0.3, -0.25) is 4.99 Å². The Morgan fingerprint density at radius 2 is 0.884 bits per heavy atom. The zero-order valence-electron chi connectivity index (χ0n) is 24.9. The fraction of sp³-hybridized carbons (Fsp3) is 0.581. The molecular weight excluding hydrogens is 562 g/mol. The number of aliphatic hydroxyl groups is 1. The Labute approximate surface area is 254 Å². The number of rotatable bonds is 29. The highest BCUT2D eigenvalue weighted by Gasteiger charge is 1.98. The average molecular weight is 610 g/mol. The molecule has 0 aromatic heterocycles. The maximum absolute atomic E-state index is 9.79. The van der Waals surface area contributed by atoms with Gasteiger partial charge in [-0.05, 0) is 36.4 Å². The summed E-state index contributed by atoms with van der Waals surface area (Å²) in [5, 5.41) is 18.4. The Morgan fingerprint density at radius 1 is 0.488 bits per heavy atom. The molecule has 0 aliphatic heterocycles. The molecule has 12 nitrogen and oxygen atoms in total. The van der Waals surface area contributed by atoms with E-state index in [1.165, 1.54) is 0 Å². The predicted octanol–water partition coefficient (Wildman–Crippen LogP) is 2.65. The number of aliphatic imine (C=N–C) groups is 1. The molecule has 0 aliphatic carbocycles. The molecule has 0 spiro atoms. The summed E-state index contributed by atoms with van der Waals surface area (Å²) >= 11 is 0. The van der Waals surface area contributed by atoms with Gasteiger partial charge in [-0.15, -0.1) is 0 Å². The lowest BCUT2D eigenvalue weighted by atomic mass is 10.2. The smallest absolute Gasteiger partial charge is 0.124 e. The van der Waals surface area contributed by atoms with Crippen molar-refractivity contribution in [2.75, 3.05) is 119 Å². The quantitative estimate of drug-likeness (QED) is 0.104. The van der Waals surface area contributed by atoms with E-state index in [1.54, 1.807) is 24.4 Å². The number of aliphatic hydroxyl groups excluding tert-OH is 1. The molecule has 0 amide bonds. The molecule has 0 unspecified atom stereocenters. The van der Waals surface area contributed by atoms with Gasteiger partial charge in [0.05, 0.1) is 118 Å². The molecule has 242 valence electrons. The van der Waals surface area contributed by atoms with E-state index in [1.807, 2.05) is 30.3 Å². The minimum absolute atomic E-state index is 0.0229. The van der Waals surface area contributed by atoms with Crippen molar-refractivity contribution in [3.8, 4) is 11.5 Å². The molecule has 0 heterocycles. The van der Waals surface area contributed by atoms with Crippen LogP contribution in [0.25, 0.3) is 0 Å². The van der Waals surface area contributed by atoms with Crippen molar-refractivity contribution in [1.82, 2.24) is 0 Å². The van der Waals surface area contributed by atoms with Crippen LogP contribution in [-0.4, -0.2) is 135 Å². The molecule has 0 saturated carbocycles. The first-order chi connectivity index (χ1) is 21.3. The van der Waals surface area contributed by atoms with Crippen LogP contribution >= 0.6 is 0 Å². The largest absolute Gasteiger partial charge is 0.507 e. The molecule has 2 aromatic carbocycles. The maximum Gasteiger partial charge on any atom is 0.124 e. The zero-order chi connectivity index (χ0) is 30.5. The standard InChI is InChI=1S/C31H47NO11/c33-9-10-35-11-12-36-13-14-37-15-16-38-17-18-39-19-20-40-21-22-41-23-24-42-25-26-43-30-7-5-29(6-8-30)32-27-28-3-1-2-4-31(28)34/h1-8,27,33-34H,9-26H2. The van der Waals surface area contributed by atoms with Crippen LogP contribution in [0.4, 0.5) is 5.69 Å². The molecule has 0 atom stereocenters. The summed E-state index contributed by atoms with van der Waals surface area (Å²) in [5.74, 6) is 0.929. The summed E-state index contributed by atoms with van der Waals surface area (Å²) in [5.41, 5.74) is 1.43. The lowest BCUT2D eigenvalue weighted by molar-refractivity contribution is -0.0242.